The van der Waals surface area contributed by atoms with E-state index in [-0.39, 0.29) is 18.4 Å². The van der Waals surface area contributed by atoms with Crippen LogP contribution in [0.3, 0.4) is 0 Å². The molecule has 1 aliphatic carbocycles. The summed E-state index contributed by atoms with van der Waals surface area (Å²) in [5.74, 6) is 0.521. The molecule has 0 unspecified atom stereocenters. The molecule has 0 saturated heterocycles. The molecule has 2 aromatic heterocycles. The van der Waals surface area contributed by atoms with Gasteiger partial charge in [-0.15, -0.1) is 11.3 Å². The number of nitrogens with one attached hydrogen (secondary N) is 2. The number of furan rings is 1. The first-order valence-electron chi connectivity index (χ1n) is 10.5. The number of benzene rings is 1. The number of amides is 2. The summed E-state index contributed by atoms with van der Waals surface area (Å²) < 4.78 is 45.4. The molecule has 0 spiro atoms. The fourth-order valence-corrected chi connectivity index (χ4v) is 4.80. The summed E-state index contributed by atoms with van der Waals surface area (Å²) in [4.78, 5) is 28.8. The van der Waals surface area contributed by atoms with Crippen molar-refractivity contribution in [1.82, 2.24) is 10.3 Å². The van der Waals surface area contributed by atoms with Crippen molar-refractivity contribution in [2.75, 3.05) is 5.32 Å². The molecule has 1 aliphatic rings. The lowest BCUT2D eigenvalue weighted by molar-refractivity contribution is -0.137. The molecule has 1 aromatic carbocycles. The molecule has 2 heterocycles. The van der Waals surface area contributed by atoms with Gasteiger partial charge in [0.25, 0.3) is 0 Å². The Morgan fingerprint density at radius 1 is 1.18 bits per heavy atom. The number of hydrogen-bond donors (Lipinski definition) is 2. The van der Waals surface area contributed by atoms with E-state index in [1.807, 2.05) is 0 Å². The Balaban J connectivity index is 1.53. The third kappa shape index (κ3) is 4.95. The topological polar surface area (TPSA) is 84.2 Å². The van der Waals surface area contributed by atoms with Gasteiger partial charge in [0, 0.05) is 12.3 Å². The highest BCUT2D eigenvalue weighted by Gasteiger charge is 2.44. The fraction of sp³-hybridized carbons (Fsp3) is 0.348. The van der Waals surface area contributed by atoms with Crippen LogP contribution in [0.2, 0.25) is 0 Å². The van der Waals surface area contributed by atoms with E-state index in [0.29, 0.717) is 40.8 Å². The number of alkyl halides is 3. The molecule has 0 radical (unpaired) electrons. The van der Waals surface area contributed by atoms with Gasteiger partial charge in [-0.2, -0.15) is 13.2 Å². The highest BCUT2D eigenvalue weighted by atomic mass is 32.1. The molecule has 0 bridgehead atoms. The molecule has 1 fully saturated rings. The summed E-state index contributed by atoms with van der Waals surface area (Å²) >= 11 is 1.21. The largest absolute Gasteiger partial charge is 0.458 e. The van der Waals surface area contributed by atoms with E-state index >= 15 is 0 Å². The minimum atomic E-state index is -4.47. The van der Waals surface area contributed by atoms with Crippen LogP contribution in [0.1, 0.15) is 49.5 Å². The molecule has 2 N–H and O–H groups in total. The Hall–Kier alpha value is -3.14. The second kappa shape index (κ2) is 9.01. The van der Waals surface area contributed by atoms with Crippen LogP contribution in [0.15, 0.2) is 46.2 Å². The van der Waals surface area contributed by atoms with Crippen molar-refractivity contribution < 1.29 is 27.2 Å². The number of rotatable bonds is 6. The lowest BCUT2D eigenvalue weighted by Gasteiger charge is -2.28. The molecular formula is C23H22F3N3O3S. The van der Waals surface area contributed by atoms with Gasteiger partial charge in [0.05, 0.1) is 17.5 Å². The average Bonchev–Trinajstić information content (AvgIpc) is 3.52. The summed E-state index contributed by atoms with van der Waals surface area (Å²) in [5.41, 5.74) is -0.895. The first-order chi connectivity index (χ1) is 15.7. The molecule has 0 atom stereocenters. The van der Waals surface area contributed by atoms with Gasteiger partial charge in [-0.3, -0.25) is 9.59 Å². The van der Waals surface area contributed by atoms with Crippen LogP contribution in [0.5, 0.6) is 0 Å². The fourth-order valence-electron chi connectivity index (χ4n) is 4.10. The maximum absolute atomic E-state index is 13.3. The molecule has 2 amide bonds. The third-order valence-electron chi connectivity index (χ3n) is 5.78. The maximum Gasteiger partial charge on any atom is 0.416 e. The van der Waals surface area contributed by atoms with E-state index in [0.717, 1.165) is 25.0 Å². The molecule has 6 nitrogen and oxygen atoms in total. The summed E-state index contributed by atoms with van der Waals surface area (Å²) in [5, 5.41) is 7.52. The Morgan fingerprint density at radius 2 is 1.94 bits per heavy atom. The molecule has 4 rings (SSSR count). The summed E-state index contributed by atoms with van der Waals surface area (Å²) in [6.45, 7) is 1.66. The molecule has 1 saturated carbocycles. The van der Waals surface area contributed by atoms with Gasteiger partial charge in [-0.1, -0.05) is 31.0 Å². The molecular weight excluding hydrogens is 455 g/mol. The number of aromatic nitrogens is 1. The summed E-state index contributed by atoms with van der Waals surface area (Å²) in [6, 6.07) is 8.48. The van der Waals surface area contributed by atoms with Crippen molar-refractivity contribution in [3.05, 3.63) is 58.7 Å². The summed E-state index contributed by atoms with van der Waals surface area (Å²) in [6.07, 6.45) is -2.00. The molecule has 3 aromatic rings. The van der Waals surface area contributed by atoms with E-state index in [1.54, 1.807) is 23.6 Å². The minimum absolute atomic E-state index is 0.173. The Kier molecular flexibility index (Phi) is 6.29. The molecule has 33 heavy (non-hydrogen) atoms. The quantitative estimate of drug-likeness (QED) is 0.491. The molecule has 10 heteroatoms. The third-order valence-corrected chi connectivity index (χ3v) is 6.54. The predicted octanol–water partition coefficient (Wildman–Crippen LogP) is 5.51. The zero-order valence-corrected chi connectivity index (χ0v) is 18.6. The van der Waals surface area contributed by atoms with E-state index < -0.39 is 17.2 Å². The number of carbonyl (C=O) groups excluding carboxylic acids is 2. The molecule has 0 aliphatic heterocycles. The van der Waals surface area contributed by atoms with Crippen LogP contribution >= 0.6 is 11.3 Å². The van der Waals surface area contributed by atoms with Crippen LogP contribution < -0.4 is 10.6 Å². The number of halogens is 3. The van der Waals surface area contributed by atoms with Crippen LogP contribution in [0.4, 0.5) is 18.3 Å². The number of nitrogens with zero attached hydrogens (tertiary/aromatic N) is 1. The van der Waals surface area contributed by atoms with Crippen molar-refractivity contribution in [2.24, 2.45) is 0 Å². The second-order valence-corrected chi connectivity index (χ2v) is 8.89. The van der Waals surface area contributed by atoms with Crippen LogP contribution in [-0.2, 0) is 27.7 Å². The van der Waals surface area contributed by atoms with Gasteiger partial charge in [-0.25, -0.2) is 4.98 Å². The van der Waals surface area contributed by atoms with Gasteiger partial charge in [0.15, 0.2) is 10.9 Å². The second-order valence-electron chi connectivity index (χ2n) is 8.04. The van der Waals surface area contributed by atoms with Crippen molar-refractivity contribution in [3.8, 4) is 11.5 Å². The van der Waals surface area contributed by atoms with Crippen LogP contribution in [0, 0.1) is 0 Å². The predicted molar refractivity (Wildman–Crippen MR) is 118 cm³/mol. The number of anilines is 1. The smallest absolute Gasteiger partial charge is 0.416 e. The Labute approximate surface area is 192 Å². The zero-order valence-electron chi connectivity index (χ0n) is 17.8. The van der Waals surface area contributed by atoms with Gasteiger partial charge in [0.2, 0.25) is 11.8 Å². The van der Waals surface area contributed by atoms with Gasteiger partial charge in [0.1, 0.15) is 11.5 Å². The van der Waals surface area contributed by atoms with Crippen molar-refractivity contribution in [2.45, 2.75) is 50.7 Å². The minimum Gasteiger partial charge on any atom is -0.458 e. The van der Waals surface area contributed by atoms with Crippen molar-refractivity contribution in [3.63, 3.8) is 0 Å². The zero-order chi connectivity index (χ0) is 23.6. The summed E-state index contributed by atoms with van der Waals surface area (Å²) in [7, 11) is 0. The van der Waals surface area contributed by atoms with Gasteiger partial charge < -0.3 is 15.1 Å². The van der Waals surface area contributed by atoms with Crippen molar-refractivity contribution in [1.29, 1.82) is 0 Å². The monoisotopic (exact) mass is 477 g/mol. The first kappa shape index (κ1) is 23.0. The van der Waals surface area contributed by atoms with Crippen LogP contribution in [-0.4, -0.2) is 16.8 Å². The highest BCUT2D eigenvalue weighted by molar-refractivity contribution is 7.14. The number of carbonyl (C=O) groups is 2. The lowest BCUT2D eigenvalue weighted by atomic mass is 9.77. The van der Waals surface area contributed by atoms with Crippen molar-refractivity contribution >= 4 is 28.3 Å². The van der Waals surface area contributed by atoms with Gasteiger partial charge in [-0.05, 0) is 36.6 Å². The highest BCUT2D eigenvalue weighted by Crippen LogP contribution is 2.44. The van der Waals surface area contributed by atoms with E-state index in [1.165, 1.54) is 24.3 Å². The number of hydrogen-bond acceptors (Lipinski definition) is 5. The molecule has 174 valence electrons. The standard InChI is InChI=1S/C23H22F3N3O3S/c1-14(30)27-12-17-7-8-19(32-17)18-13-33-21(28-18)29-20(31)22(9-2-3-10-22)15-5-4-6-16(11-15)23(24,25)26/h4-8,11,13H,2-3,9-10,12H2,1H3,(H,27,30)(H,28,29,31). The lowest BCUT2D eigenvalue weighted by Crippen LogP contribution is -2.38. The van der Waals surface area contributed by atoms with E-state index in [9.17, 15) is 22.8 Å². The number of thiazole rings is 1. The van der Waals surface area contributed by atoms with E-state index in [2.05, 4.69) is 15.6 Å². The Morgan fingerprint density at radius 3 is 2.64 bits per heavy atom. The van der Waals surface area contributed by atoms with Crippen LogP contribution in [0.25, 0.3) is 11.5 Å². The SMILES string of the molecule is CC(=O)NCc1ccc(-c2csc(NC(=O)C3(c4cccc(C(F)(F)F)c4)CCCC3)n2)o1. The Bertz CT molecular complexity index is 1160. The average molecular weight is 478 g/mol. The maximum atomic E-state index is 13.3. The van der Waals surface area contributed by atoms with E-state index in [4.69, 9.17) is 4.42 Å². The van der Waals surface area contributed by atoms with Gasteiger partial charge >= 0.3 is 6.18 Å². The first-order valence-corrected chi connectivity index (χ1v) is 11.3. The normalized spacial score (nSPS) is 15.4.